The average Bonchev–Trinajstić information content (AvgIpc) is 2.55. The van der Waals surface area contributed by atoms with E-state index in [1.807, 2.05) is 0 Å². The normalized spacial score (nSPS) is 11.5. The van der Waals surface area contributed by atoms with Crippen molar-refractivity contribution < 1.29 is 17.9 Å². The number of carbonyl (C=O) groups excluding carboxylic acids is 1. The maximum absolute atomic E-state index is 12.2. The van der Waals surface area contributed by atoms with Crippen LogP contribution in [0.4, 0.5) is 5.69 Å². The van der Waals surface area contributed by atoms with Gasteiger partial charge in [0.05, 0.1) is 9.92 Å². The van der Waals surface area contributed by atoms with E-state index in [0.29, 0.717) is 16.5 Å². The van der Waals surface area contributed by atoms with Gasteiger partial charge in [0.2, 0.25) is 10.0 Å². The van der Waals surface area contributed by atoms with Crippen LogP contribution in [0.1, 0.15) is 5.56 Å². The van der Waals surface area contributed by atoms with Crippen molar-refractivity contribution in [2.24, 2.45) is 0 Å². The zero-order valence-electron chi connectivity index (χ0n) is 14.4. The smallest absolute Gasteiger partial charge is 0.262 e. The van der Waals surface area contributed by atoms with E-state index < -0.39 is 15.9 Å². The molecule has 1 N–H and O–H groups in total. The molecule has 0 atom stereocenters. The largest absolute Gasteiger partial charge is 0.482 e. The van der Waals surface area contributed by atoms with Gasteiger partial charge in [0.25, 0.3) is 5.91 Å². The molecule has 9 heteroatoms. The summed E-state index contributed by atoms with van der Waals surface area (Å²) in [5.41, 5.74) is 1.14. The highest BCUT2D eigenvalue weighted by Crippen LogP contribution is 2.28. The molecule has 0 aliphatic heterocycles. The maximum atomic E-state index is 12.2. The van der Waals surface area contributed by atoms with E-state index in [-0.39, 0.29) is 11.5 Å². The van der Waals surface area contributed by atoms with Gasteiger partial charge in [-0.3, -0.25) is 4.79 Å². The zero-order chi connectivity index (χ0) is 19.5. The molecule has 0 spiro atoms. The Balaban J connectivity index is 2.11. The third-order valence-electron chi connectivity index (χ3n) is 3.51. The lowest BCUT2D eigenvalue weighted by molar-refractivity contribution is -0.118. The molecule has 0 aliphatic carbocycles. The second-order valence-electron chi connectivity index (χ2n) is 5.68. The van der Waals surface area contributed by atoms with Crippen LogP contribution >= 0.6 is 27.5 Å². The summed E-state index contributed by atoms with van der Waals surface area (Å²) < 4.78 is 31.8. The SMILES string of the molecule is Cc1ccc(S(=O)(=O)N(C)C)cc1NC(=O)COc1ccc(Br)cc1Cl. The minimum atomic E-state index is -3.59. The number of sulfonamides is 1. The van der Waals surface area contributed by atoms with Gasteiger partial charge in [-0.25, -0.2) is 12.7 Å². The first-order valence-electron chi connectivity index (χ1n) is 7.52. The van der Waals surface area contributed by atoms with Gasteiger partial charge in [-0.2, -0.15) is 0 Å². The Labute approximate surface area is 166 Å². The van der Waals surface area contributed by atoms with Gasteiger partial charge in [-0.1, -0.05) is 33.6 Å². The summed E-state index contributed by atoms with van der Waals surface area (Å²) in [6, 6.07) is 9.62. The summed E-state index contributed by atoms with van der Waals surface area (Å²) in [6.45, 7) is 1.51. The summed E-state index contributed by atoms with van der Waals surface area (Å²) >= 11 is 9.33. The number of hydrogen-bond donors (Lipinski definition) is 1. The van der Waals surface area contributed by atoms with E-state index in [1.54, 1.807) is 31.2 Å². The van der Waals surface area contributed by atoms with Crippen LogP contribution in [0.15, 0.2) is 45.8 Å². The Morgan fingerprint density at radius 1 is 1.23 bits per heavy atom. The predicted octanol–water partition coefficient (Wildman–Crippen LogP) is 3.68. The fourth-order valence-electron chi connectivity index (χ4n) is 2.03. The number of nitrogens with zero attached hydrogens (tertiary/aromatic N) is 1. The molecule has 2 aromatic rings. The van der Waals surface area contributed by atoms with Crippen molar-refractivity contribution in [2.45, 2.75) is 11.8 Å². The van der Waals surface area contributed by atoms with Crippen LogP contribution in [-0.4, -0.2) is 39.3 Å². The number of hydrogen-bond acceptors (Lipinski definition) is 4. The number of amides is 1. The number of benzene rings is 2. The lowest BCUT2D eigenvalue weighted by Gasteiger charge is -2.15. The van der Waals surface area contributed by atoms with Gasteiger partial charge < -0.3 is 10.1 Å². The van der Waals surface area contributed by atoms with E-state index in [1.165, 1.54) is 26.2 Å². The van der Waals surface area contributed by atoms with Gasteiger partial charge in [-0.05, 0) is 42.8 Å². The first-order chi connectivity index (χ1) is 12.1. The monoisotopic (exact) mass is 460 g/mol. The number of carbonyl (C=O) groups is 1. The number of nitrogens with one attached hydrogen (secondary N) is 1. The fraction of sp³-hybridized carbons (Fsp3) is 0.235. The highest BCUT2D eigenvalue weighted by molar-refractivity contribution is 9.10. The Kier molecular flexibility index (Phi) is 6.68. The van der Waals surface area contributed by atoms with Crippen LogP contribution in [0.3, 0.4) is 0 Å². The Morgan fingerprint density at radius 3 is 2.54 bits per heavy atom. The molecule has 0 aromatic heterocycles. The Hall–Kier alpha value is -1.61. The van der Waals surface area contributed by atoms with Crippen LogP contribution in [0, 0.1) is 6.92 Å². The lowest BCUT2D eigenvalue weighted by atomic mass is 10.2. The van der Waals surface area contributed by atoms with E-state index in [4.69, 9.17) is 16.3 Å². The first kappa shape index (κ1) is 20.7. The molecule has 1 amide bonds. The third kappa shape index (κ3) is 4.97. The molecular formula is C17H18BrClN2O4S. The molecule has 2 rings (SSSR count). The summed E-state index contributed by atoms with van der Waals surface area (Å²) in [7, 11) is -0.693. The minimum absolute atomic E-state index is 0.0975. The van der Waals surface area contributed by atoms with Gasteiger partial charge in [0.1, 0.15) is 5.75 Å². The second-order valence-corrected chi connectivity index (χ2v) is 9.15. The fourth-order valence-corrected chi connectivity index (χ4v) is 3.69. The Morgan fingerprint density at radius 2 is 1.92 bits per heavy atom. The quantitative estimate of drug-likeness (QED) is 0.712. The van der Waals surface area contributed by atoms with Gasteiger partial charge in [0.15, 0.2) is 6.61 Å². The summed E-state index contributed by atoms with van der Waals surface area (Å²) in [6.07, 6.45) is 0. The van der Waals surface area contributed by atoms with Crippen molar-refractivity contribution >= 4 is 49.1 Å². The molecule has 0 heterocycles. The van der Waals surface area contributed by atoms with Crippen LogP contribution in [-0.2, 0) is 14.8 Å². The van der Waals surface area contributed by atoms with Crippen molar-refractivity contribution in [1.29, 1.82) is 0 Å². The maximum Gasteiger partial charge on any atom is 0.262 e. The van der Waals surface area contributed by atoms with Crippen LogP contribution in [0.25, 0.3) is 0 Å². The summed E-state index contributed by atoms with van der Waals surface area (Å²) in [5, 5.41) is 3.04. The van der Waals surface area contributed by atoms with Crippen LogP contribution in [0.5, 0.6) is 5.75 Å². The van der Waals surface area contributed by atoms with Crippen molar-refractivity contribution in [3.63, 3.8) is 0 Å². The topological polar surface area (TPSA) is 75.7 Å². The van der Waals surface area contributed by atoms with Crippen molar-refractivity contribution in [3.05, 3.63) is 51.5 Å². The van der Waals surface area contributed by atoms with Crippen LogP contribution < -0.4 is 10.1 Å². The van der Waals surface area contributed by atoms with Gasteiger partial charge in [-0.15, -0.1) is 0 Å². The van der Waals surface area contributed by atoms with Crippen molar-refractivity contribution in [1.82, 2.24) is 4.31 Å². The molecule has 0 saturated heterocycles. The predicted molar refractivity (Wildman–Crippen MR) is 105 cm³/mol. The third-order valence-corrected chi connectivity index (χ3v) is 6.11. The second kappa shape index (κ2) is 8.39. The van der Waals surface area contributed by atoms with E-state index in [0.717, 1.165) is 14.3 Å². The molecule has 0 saturated carbocycles. The summed E-state index contributed by atoms with van der Waals surface area (Å²) in [4.78, 5) is 12.3. The molecule has 2 aromatic carbocycles. The molecule has 0 unspecified atom stereocenters. The Bertz CT molecular complexity index is 932. The molecular weight excluding hydrogens is 444 g/mol. The van der Waals surface area contributed by atoms with E-state index in [2.05, 4.69) is 21.2 Å². The van der Waals surface area contributed by atoms with E-state index >= 15 is 0 Å². The standard InChI is InChI=1S/C17H18BrClN2O4S/c1-11-4-6-13(26(23,24)21(2)3)9-15(11)20-17(22)10-25-16-7-5-12(18)8-14(16)19/h4-9H,10H2,1-3H3,(H,20,22). The van der Waals surface area contributed by atoms with Crippen LogP contribution in [0.2, 0.25) is 5.02 Å². The number of aryl methyl sites for hydroxylation is 1. The molecule has 0 aliphatic rings. The van der Waals surface area contributed by atoms with Gasteiger partial charge in [0, 0.05) is 24.3 Å². The summed E-state index contributed by atoms with van der Waals surface area (Å²) in [5.74, 6) is -0.0443. The molecule has 26 heavy (non-hydrogen) atoms. The molecule has 0 radical (unpaired) electrons. The minimum Gasteiger partial charge on any atom is -0.482 e. The highest BCUT2D eigenvalue weighted by atomic mass is 79.9. The molecule has 0 fully saturated rings. The zero-order valence-corrected chi connectivity index (χ0v) is 17.6. The number of anilines is 1. The highest BCUT2D eigenvalue weighted by Gasteiger charge is 2.18. The van der Waals surface area contributed by atoms with Gasteiger partial charge >= 0.3 is 0 Å². The van der Waals surface area contributed by atoms with E-state index in [9.17, 15) is 13.2 Å². The average molecular weight is 462 g/mol. The molecule has 140 valence electrons. The number of halogens is 2. The first-order valence-corrected chi connectivity index (χ1v) is 10.1. The lowest BCUT2D eigenvalue weighted by Crippen LogP contribution is -2.23. The van der Waals surface area contributed by atoms with Crippen molar-refractivity contribution in [3.8, 4) is 5.75 Å². The number of rotatable bonds is 6. The molecule has 0 bridgehead atoms. The molecule has 6 nitrogen and oxygen atoms in total. The van der Waals surface area contributed by atoms with Crippen molar-refractivity contribution in [2.75, 3.05) is 26.0 Å². The number of ether oxygens (including phenoxy) is 1.